The summed E-state index contributed by atoms with van der Waals surface area (Å²) in [4.78, 5) is 14.0. The van der Waals surface area contributed by atoms with E-state index in [2.05, 4.69) is 30.7 Å². The van der Waals surface area contributed by atoms with Crippen LogP contribution in [-0.2, 0) is 6.54 Å². The molecular formula is C15H22N4S. The van der Waals surface area contributed by atoms with Gasteiger partial charge < -0.3 is 5.73 Å². The molecule has 1 fully saturated rings. The molecule has 4 nitrogen and oxygen atoms in total. The predicted octanol–water partition coefficient (Wildman–Crippen LogP) is 3.12. The number of hydrogen-bond acceptors (Lipinski definition) is 5. The molecule has 0 unspecified atom stereocenters. The van der Waals surface area contributed by atoms with Crippen LogP contribution in [0.3, 0.4) is 0 Å². The Morgan fingerprint density at radius 1 is 1.25 bits per heavy atom. The van der Waals surface area contributed by atoms with Gasteiger partial charge in [0, 0.05) is 4.88 Å². The Morgan fingerprint density at radius 2 is 1.95 bits per heavy atom. The Hall–Kier alpha value is -1.20. The fraction of sp³-hybridized carbons (Fsp3) is 0.600. The highest BCUT2D eigenvalue weighted by Crippen LogP contribution is 2.32. The van der Waals surface area contributed by atoms with Gasteiger partial charge in [-0.1, -0.05) is 6.92 Å². The van der Waals surface area contributed by atoms with Gasteiger partial charge in [0.15, 0.2) is 0 Å². The summed E-state index contributed by atoms with van der Waals surface area (Å²) in [5, 5.41) is 1.04. The molecule has 2 aromatic heterocycles. The summed E-state index contributed by atoms with van der Waals surface area (Å²) in [6, 6.07) is 0. The lowest BCUT2D eigenvalue weighted by Crippen LogP contribution is -2.33. The van der Waals surface area contributed by atoms with Crippen LogP contribution in [-0.4, -0.2) is 28.0 Å². The van der Waals surface area contributed by atoms with Gasteiger partial charge in [0.05, 0.1) is 11.9 Å². The van der Waals surface area contributed by atoms with Crippen LogP contribution in [0, 0.1) is 19.8 Å². The molecule has 3 heterocycles. The molecule has 0 saturated carbocycles. The number of fused-ring (bicyclic) bond motifs is 1. The van der Waals surface area contributed by atoms with Gasteiger partial charge >= 0.3 is 0 Å². The molecule has 0 aliphatic carbocycles. The molecule has 0 amide bonds. The summed E-state index contributed by atoms with van der Waals surface area (Å²) in [5.74, 6) is 2.35. The fourth-order valence-corrected chi connectivity index (χ4v) is 3.87. The van der Waals surface area contributed by atoms with Crippen molar-refractivity contribution >= 4 is 27.4 Å². The van der Waals surface area contributed by atoms with Crippen LogP contribution in [0.5, 0.6) is 0 Å². The summed E-state index contributed by atoms with van der Waals surface area (Å²) in [6.45, 7) is 9.65. The molecule has 5 heteroatoms. The highest BCUT2D eigenvalue weighted by atomic mass is 32.1. The highest BCUT2D eigenvalue weighted by Gasteiger charge is 2.18. The van der Waals surface area contributed by atoms with Crippen molar-refractivity contribution in [3.05, 3.63) is 16.3 Å². The third-order valence-electron chi connectivity index (χ3n) is 4.34. The van der Waals surface area contributed by atoms with E-state index >= 15 is 0 Å². The van der Waals surface area contributed by atoms with Crippen LogP contribution in [0.4, 0.5) is 5.82 Å². The van der Waals surface area contributed by atoms with Gasteiger partial charge in [0.25, 0.3) is 0 Å². The lowest BCUT2D eigenvalue weighted by Gasteiger charge is -2.29. The minimum Gasteiger partial charge on any atom is -0.383 e. The molecule has 108 valence electrons. The van der Waals surface area contributed by atoms with Gasteiger partial charge in [-0.05, 0) is 51.3 Å². The van der Waals surface area contributed by atoms with Gasteiger partial charge in [0.2, 0.25) is 0 Å². The normalized spacial score (nSPS) is 17.9. The van der Waals surface area contributed by atoms with Crippen LogP contribution in [0.25, 0.3) is 10.2 Å². The SMILES string of the molecule is Cc1sc2nc(CN3CCC(C)CC3)nc(N)c2c1C. The van der Waals surface area contributed by atoms with E-state index < -0.39 is 0 Å². The molecule has 1 aliphatic heterocycles. The Kier molecular flexibility index (Phi) is 3.65. The standard InChI is InChI=1S/C15H22N4S/c1-9-4-6-19(7-5-9)8-12-17-14(16)13-10(2)11(3)20-15(13)18-12/h9H,4-8H2,1-3H3,(H2,16,17,18). The van der Waals surface area contributed by atoms with Gasteiger partial charge in [-0.25, -0.2) is 9.97 Å². The van der Waals surface area contributed by atoms with Crippen molar-refractivity contribution in [3.8, 4) is 0 Å². The number of aryl methyl sites for hydroxylation is 2. The van der Waals surface area contributed by atoms with Crippen LogP contribution in [0.1, 0.15) is 36.0 Å². The smallest absolute Gasteiger partial charge is 0.146 e. The van der Waals surface area contributed by atoms with Crippen LogP contribution in [0.2, 0.25) is 0 Å². The number of rotatable bonds is 2. The van der Waals surface area contributed by atoms with Gasteiger partial charge in [0.1, 0.15) is 16.5 Å². The van der Waals surface area contributed by atoms with Gasteiger partial charge in [-0.15, -0.1) is 11.3 Å². The number of likely N-dealkylation sites (tertiary alicyclic amines) is 1. The topological polar surface area (TPSA) is 55.0 Å². The summed E-state index contributed by atoms with van der Waals surface area (Å²) < 4.78 is 0. The molecule has 2 aromatic rings. The molecule has 0 aromatic carbocycles. The molecule has 1 saturated heterocycles. The Labute approximate surface area is 124 Å². The maximum atomic E-state index is 6.14. The molecule has 20 heavy (non-hydrogen) atoms. The lowest BCUT2D eigenvalue weighted by molar-refractivity contribution is 0.181. The van der Waals surface area contributed by atoms with Gasteiger partial charge in [-0.3, -0.25) is 4.90 Å². The van der Waals surface area contributed by atoms with Crippen LogP contribution >= 0.6 is 11.3 Å². The zero-order chi connectivity index (χ0) is 14.3. The van der Waals surface area contributed by atoms with Crippen LogP contribution < -0.4 is 5.73 Å². The zero-order valence-corrected chi connectivity index (χ0v) is 13.3. The predicted molar refractivity (Wildman–Crippen MR) is 85.0 cm³/mol. The van der Waals surface area contributed by atoms with E-state index in [0.717, 1.165) is 41.6 Å². The maximum Gasteiger partial charge on any atom is 0.146 e. The number of aromatic nitrogens is 2. The molecule has 1 aliphatic rings. The monoisotopic (exact) mass is 290 g/mol. The van der Waals surface area contributed by atoms with Crippen molar-refractivity contribution in [2.24, 2.45) is 5.92 Å². The second-order valence-electron chi connectivity index (χ2n) is 5.95. The number of hydrogen-bond donors (Lipinski definition) is 1. The number of piperidine rings is 1. The first-order chi connectivity index (χ1) is 9.54. The number of nitrogens with zero attached hydrogens (tertiary/aromatic N) is 3. The minimum atomic E-state index is 0.636. The van der Waals surface area contributed by atoms with Crippen molar-refractivity contribution in [3.63, 3.8) is 0 Å². The number of nitrogen functional groups attached to an aromatic ring is 1. The van der Waals surface area contributed by atoms with Crippen molar-refractivity contribution in [2.45, 2.75) is 40.2 Å². The maximum absolute atomic E-state index is 6.14. The second-order valence-corrected chi connectivity index (χ2v) is 7.15. The first kappa shape index (κ1) is 13.8. The van der Waals surface area contributed by atoms with E-state index in [0.29, 0.717) is 5.82 Å². The van der Waals surface area contributed by atoms with Crippen molar-refractivity contribution in [2.75, 3.05) is 18.8 Å². The molecule has 0 atom stereocenters. The summed E-state index contributed by atoms with van der Waals surface area (Å²) in [6.07, 6.45) is 2.55. The Balaban J connectivity index is 1.85. The fourth-order valence-electron chi connectivity index (χ4n) is 2.82. The largest absolute Gasteiger partial charge is 0.383 e. The first-order valence-electron chi connectivity index (χ1n) is 7.29. The molecule has 0 spiro atoms. The lowest BCUT2D eigenvalue weighted by atomic mass is 9.99. The first-order valence-corrected chi connectivity index (χ1v) is 8.10. The molecule has 0 bridgehead atoms. The molecule has 3 rings (SSSR count). The third kappa shape index (κ3) is 2.52. The average Bonchev–Trinajstić information content (AvgIpc) is 2.68. The van der Waals surface area contributed by atoms with Crippen molar-refractivity contribution in [1.29, 1.82) is 0 Å². The quantitative estimate of drug-likeness (QED) is 0.923. The van der Waals surface area contributed by atoms with E-state index in [1.54, 1.807) is 11.3 Å². The Bertz CT molecular complexity index is 626. The zero-order valence-electron chi connectivity index (χ0n) is 12.4. The molecule has 0 radical (unpaired) electrons. The Morgan fingerprint density at radius 3 is 2.65 bits per heavy atom. The second kappa shape index (κ2) is 5.30. The van der Waals surface area contributed by atoms with E-state index in [1.807, 2.05) is 0 Å². The van der Waals surface area contributed by atoms with Crippen molar-refractivity contribution in [1.82, 2.24) is 14.9 Å². The van der Waals surface area contributed by atoms with E-state index in [4.69, 9.17) is 10.7 Å². The van der Waals surface area contributed by atoms with E-state index in [-0.39, 0.29) is 0 Å². The average molecular weight is 290 g/mol. The summed E-state index contributed by atoms with van der Waals surface area (Å²) in [7, 11) is 0. The summed E-state index contributed by atoms with van der Waals surface area (Å²) in [5.41, 5.74) is 7.36. The third-order valence-corrected chi connectivity index (χ3v) is 5.45. The minimum absolute atomic E-state index is 0.636. The van der Waals surface area contributed by atoms with E-state index in [1.165, 1.54) is 23.3 Å². The highest BCUT2D eigenvalue weighted by molar-refractivity contribution is 7.18. The van der Waals surface area contributed by atoms with E-state index in [9.17, 15) is 0 Å². The van der Waals surface area contributed by atoms with Crippen LogP contribution in [0.15, 0.2) is 0 Å². The molecule has 2 N–H and O–H groups in total. The number of anilines is 1. The molecular weight excluding hydrogens is 268 g/mol. The van der Waals surface area contributed by atoms with Crippen molar-refractivity contribution < 1.29 is 0 Å². The summed E-state index contributed by atoms with van der Waals surface area (Å²) >= 11 is 1.72. The number of nitrogens with two attached hydrogens (primary N) is 1. The number of thiophene rings is 1. The van der Waals surface area contributed by atoms with Gasteiger partial charge in [-0.2, -0.15) is 0 Å².